The van der Waals surface area contributed by atoms with Crippen molar-refractivity contribution < 1.29 is 23.1 Å². The molecule has 2 aliphatic rings. The van der Waals surface area contributed by atoms with Gasteiger partial charge in [-0.05, 0) is 25.0 Å². The molecule has 108 valence electrons. The Kier molecular flexibility index (Phi) is 2.60. The van der Waals surface area contributed by atoms with E-state index in [1.165, 1.54) is 4.90 Å². The lowest BCUT2D eigenvalue weighted by molar-refractivity contribution is -0.141. The number of alkyl halides is 3. The fourth-order valence-corrected chi connectivity index (χ4v) is 2.90. The van der Waals surface area contributed by atoms with Crippen LogP contribution in [-0.4, -0.2) is 39.4 Å². The molecule has 0 bridgehead atoms. The Morgan fingerprint density at radius 3 is 2.60 bits per heavy atom. The van der Waals surface area contributed by atoms with Crippen molar-refractivity contribution in [2.45, 2.75) is 19.0 Å². The van der Waals surface area contributed by atoms with E-state index in [1.807, 2.05) is 5.10 Å². The van der Waals surface area contributed by atoms with Crippen LogP contribution in [0.2, 0.25) is 0 Å². The van der Waals surface area contributed by atoms with Gasteiger partial charge >= 0.3 is 12.3 Å². The van der Waals surface area contributed by atoms with E-state index in [0.717, 1.165) is 24.5 Å². The smallest absolute Gasteiger partial charge is 0.432 e. The number of carboxylic acid groups (broad SMARTS) is 1. The van der Waals surface area contributed by atoms with Gasteiger partial charge in [0.2, 0.25) is 0 Å². The number of allylic oxidation sites excluding steroid dienone is 1. The maximum absolute atomic E-state index is 12.4. The molecule has 2 heterocycles. The fourth-order valence-electron chi connectivity index (χ4n) is 2.90. The maximum atomic E-state index is 12.4. The first kappa shape index (κ1) is 13.0. The van der Waals surface area contributed by atoms with E-state index in [0.29, 0.717) is 13.1 Å². The fraction of sp³-hybridized carbons (Fsp3) is 0.500. The Labute approximate surface area is 112 Å². The molecular formula is C12H12F3N3O2. The molecule has 1 aromatic rings. The second-order valence-corrected chi connectivity index (χ2v) is 5.50. The van der Waals surface area contributed by atoms with Gasteiger partial charge in [-0.15, -0.1) is 0 Å². The van der Waals surface area contributed by atoms with Crippen LogP contribution in [0.1, 0.15) is 24.2 Å². The monoisotopic (exact) mass is 287 g/mol. The minimum Gasteiger partial charge on any atom is -0.465 e. The van der Waals surface area contributed by atoms with E-state index in [1.54, 1.807) is 6.08 Å². The van der Waals surface area contributed by atoms with Gasteiger partial charge in [0, 0.05) is 18.5 Å². The molecule has 2 fully saturated rings. The number of likely N-dealkylation sites (tertiary alicyclic amines) is 1. The van der Waals surface area contributed by atoms with Crippen LogP contribution in [0, 0.1) is 5.41 Å². The maximum Gasteiger partial charge on any atom is 0.432 e. The van der Waals surface area contributed by atoms with Gasteiger partial charge in [-0.25, -0.2) is 4.79 Å². The van der Waals surface area contributed by atoms with E-state index in [4.69, 9.17) is 5.11 Å². The van der Waals surface area contributed by atoms with Gasteiger partial charge in [0.25, 0.3) is 0 Å². The molecule has 0 atom stereocenters. The number of aromatic amines is 1. The van der Waals surface area contributed by atoms with Crippen molar-refractivity contribution >= 4 is 12.2 Å². The zero-order chi connectivity index (χ0) is 14.5. The average Bonchev–Trinajstić information content (AvgIpc) is 2.66. The van der Waals surface area contributed by atoms with Crippen LogP contribution < -0.4 is 0 Å². The number of rotatable bonds is 1. The summed E-state index contributed by atoms with van der Waals surface area (Å²) in [7, 11) is 0. The average molecular weight is 287 g/mol. The van der Waals surface area contributed by atoms with Crippen molar-refractivity contribution in [2.75, 3.05) is 13.1 Å². The van der Waals surface area contributed by atoms with E-state index < -0.39 is 18.0 Å². The highest BCUT2D eigenvalue weighted by Gasteiger charge is 2.51. The van der Waals surface area contributed by atoms with Crippen molar-refractivity contribution in [3.05, 3.63) is 23.0 Å². The van der Waals surface area contributed by atoms with Gasteiger partial charge in [-0.3, -0.25) is 5.10 Å². The van der Waals surface area contributed by atoms with E-state index in [-0.39, 0.29) is 11.1 Å². The summed E-state index contributed by atoms with van der Waals surface area (Å²) < 4.78 is 37.2. The SMILES string of the molecule is O=C(O)N1CC2(CC(=Cc3cc(C(F)(F)F)[nH]n3)C2)C1. The van der Waals surface area contributed by atoms with E-state index in [2.05, 4.69) is 5.10 Å². The predicted molar refractivity (Wildman–Crippen MR) is 62.8 cm³/mol. The van der Waals surface area contributed by atoms with Crippen molar-refractivity contribution in [1.82, 2.24) is 15.1 Å². The lowest BCUT2D eigenvalue weighted by Gasteiger charge is -2.55. The van der Waals surface area contributed by atoms with Gasteiger partial charge in [0.05, 0.1) is 5.69 Å². The molecule has 1 aliphatic heterocycles. The van der Waals surface area contributed by atoms with Gasteiger partial charge in [0.1, 0.15) is 5.69 Å². The summed E-state index contributed by atoms with van der Waals surface area (Å²) in [5.74, 6) is 0. The first-order chi connectivity index (χ1) is 9.27. The number of hydrogen-bond donors (Lipinski definition) is 2. The summed E-state index contributed by atoms with van der Waals surface area (Å²) in [6.45, 7) is 1.02. The predicted octanol–water partition coefficient (Wildman–Crippen LogP) is 2.59. The summed E-state index contributed by atoms with van der Waals surface area (Å²) in [6.07, 6.45) is -2.24. The van der Waals surface area contributed by atoms with Crippen LogP contribution in [0.3, 0.4) is 0 Å². The minimum absolute atomic E-state index is 0.00733. The number of nitrogens with zero attached hydrogens (tertiary/aromatic N) is 2. The van der Waals surface area contributed by atoms with E-state index in [9.17, 15) is 18.0 Å². The molecule has 3 rings (SSSR count). The highest BCUT2D eigenvalue weighted by atomic mass is 19.4. The second-order valence-electron chi connectivity index (χ2n) is 5.50. The lowest BCUT2D eigenvalue weighted by Crippen LogP contribution is -2.61. The standard InChI is InChI=1S/C12H12F3N3O2/c13-12(14,15)9-2-8(16-17-9)1-7-3-11(4-7)5-18(6-11)10(19)20/h1-2H,3-6H2,(H,16,17)(H,19,20). The molecule has 1 amide bonds. The largest absolute Gasteiger partial charge is 0.465 e. The van der Waals surface area contributed by atoms with Crippen LogP contribution >= 0.6 is 0 Å². The third-order valence-electron chi connectivity index (χ3n) is 3.78. The number of carbonyl (C=O) groups is 1. The highest BCUT2D eigenvalue weighted by Crippen LogP contribution is 2.52. The van der Waals surface area contributed by atoms with Crippen LogP contribution in [0.15, 0.2) is 11.6 Å². The third kappa shape index (κ3) is 2.14. The topological polar surface area (TPSA) is 69.2 Å². The third-order valence-corrected chi connectivity index (χ3v) is 3.78. The molecule has 1 saturated carbocycles. The van der Waals surface area contributed by atoms with Gasteiger partial charge < -0.3 is 10.0 Å². The van der Waals surface area contributed by atoms with Crippen molar-refractivity contribution in [3.8, 4) is 0 Å². The Balaban J connectivity index is 1.60. The molecule has 2 N–H and O–H groups in total. The van der Waals surface area contributed by atoms with Crippen molar-refractivity contribution in [2.24, 2.45) is 5.41 Å². The molecule has 8 heteroatoms. The number of halogens is 3. The summed E-state index contributed by atoms with van der Waals surface area (Å²) in [5, 5.41) is 14.3. The summed E-state index contributed by atoms with van der Waals surface area (Å²) in [6, 6.07) is 0.975. The highest BCUT2D eigenvalue weighted by molar-refractivity contribution is 5.67. The molecule has 5 nitrogen and oxygen atoms in total. The molecule has 0 aromatic carbocycles. The molecule has 1 spiro atoms. The molecule has 0 unspecified atom stereocenters. The number of amides is 1. The van der Waals surface area contributed by atoms with Crippen LogP contribution in [0.4, 0.5) is 18.0 Å². The molecule has 0 radical (unpaired) electrons. The zero-order valence-electron chi connectivity index (χ0n) is 10.4. The second kappa shape index (κ2) is 4.00. The summed E-state index contributed by atoms with van der Waals surface area (Å²) in [4.78, 5) is 12.0. The molecule has 20 heavy (non-hydrogen) atoms. The first-order valence-corrected chi connectivity index (χ1v) is 6.07. The molecule has 1 aromatic heterocycles. The summed E-state index contributed by atoms with van der Waals surface area (Å²) >= 11 is 0. The van der Waals surface area contributed by atoms with Crippen molar-refractivity contribution in [3.63, 3.8) is 0 Å². The molecule has 1 saturated heterocycles. The van der Waals surface area contributed by atoms with E-state index >= 15 is 0 Å². The first-order valence-electron chi connectivity index (χ1n) is 6.07. The Hall–Kier alpha value is -1.99. The summed E-state index contributed by atoms with van der Waals surface area (Å²) in [5.41, 5.74) is 0.416. The van der Waals surface area contributed by atoms with Crippen LogP contribution in [-0.2, 0) is 6.18 Å². The van der Waals surface area contributed by atoms with Crippen LogP contribution in [0.25, 0.3) is 6.08 Å². The lowest BCUT2D eigenvalue weighted by atomic mass is 9.60. The minimum atomic E-state index is -4.42. The normalized spacial score (nSPS) is 20.6. The Morgan fingerprint density at radius 2 is 2.10 bits per heavy atom. The Morgan fingerprint density at radius 1 is 1.45 bits per heavy atom. The zero-order valence-corrected chi connectivity index (χ0v) is 10.4. The number of nitrogens with one attached hydrogen (secondary N) is 1. The van der Waals surface area contributed by atoms with Gasteiger partial charge in [0.15, 0.2) is 0 Å². The quantitative estimate of drug-likeness (QED) is 0.834. The molecule has 1 aliphatic carbocycles. The Bertz CT molecular complexity index is 575. The number of hydrogen-bond acceptors (Lipinski definition) is 2. The van der Waals surface area contributed by atoms with Crippen molar-refractivity contribution in [1.29, 1.82) is 0 Å². The number of aromatic nitrogens is 2. The van der Waals surface area contributed by atoms with Crippen LogP contribution in [0.5, 0.6) is 0 Å². The number of H-pyrrole nitrogens is 1. The molecular weight excluding hydrogens is 275 g/mol. The van der Waals surface area contributed by atoms with Gasteiger partial charge in [-0.1, -0.05) is 5.57 Å². The van der Waals surface area contributed by atoms with Gasteiger partial charge in [-0.2, -0.15) is 18.3 Å².